The van der Waals surface area contributed by atoms with Crippen molar-refractivity contribution in [2.24, 2.45) is 0 Å². The molecule has 0 radical (unpaired) electrons. The minimum atomic E-state index is -3.49. The number of sulfonamides is 1. The minimum Gasteiger partial charge on any atom is -0.376 e. The lowest BCUT2D eigenvalue weighted by molar-refractivity contribution is -0.141. The van der Waals surface area contributed by atoms with E-state index < -0.39 is 16.1 Å². The average molecular weight is 590 g/mol. The van der Waals surface area contributed by atoms with E-state index in [1.165, 1.54) is 4.31 Å². The van der Waals surface area contributed by atoms with Gasteiger partial charge in [-0.3, -0.25) is 9.59 Å². The molecule has 0 unspecified atom stereocenters. The standard InChI is InChI=1S/C33H39N3O5S/c37-31(20-17-26-15-18-30(19-16-26)42(39,40)35-21-7-8-22-35)36(25-27-10-3-1-4-11-27)32(28-12-5-2-6-13-28)33(38)34-24-29-14-9-23-41-29/h1-6,10-13,15-16,18-19,29,32H,7-9,14,17,20-25H2,(H,34,38)/t29-,32+/m0/s1. The third kappa shape index (κ3) is 7.45. The molecule has 1 N–H and O–H groups in total. The van der Waals surface area contributed by atoms with Crippen LogP contribution in [-0.2, 0) is 37.3 Å². The van der Waals surface area contributed by atoms with Crippen LogP contribution in [-0.4, -0.2) is 61.8 Å². The van der Waals surface area contributed by atoms with Crippen molar-refractivity contribution in [1.82, 2.24) is 14.5 Å². The first kappa shape index (κ1) is 29.9. The zero-order valence-electron chi connectivity index (χ0n) is 23.9. The van der Waals surface area contributed by atoms with E-state index in [4.69, 9.17) is 4.74 Å². The van der Waals surface area contributed by atoms with E-state index in [1.807, 2.05) is 60.7 Å². The van der Waals surface area contributed by atoms with E-state index >= 15 is 0 Å². The van der Waals surface area contributed by atoms with Gasteiger partial charge in [0.25, 0.3) is 0 Å². The van der Waals surface area contributed by atoms with Gasteiger partial charge >= 0.3 is 0 Å². The molecule has 8 nitrogen and oxygen atoms in total. The highest BCUT2D eigenvalue weighted by atomic mass is 32.2. The van der Waals surface area contributed by atoms with E-state index in [1.54, 1.807) is 29.2 Å². The maximum Gasteiger partial charge on any atom is 0.247 e. The lowest BCUT2D eigenvalue weighted by Gasteiger charge is -2.32. The Morgan fingerprint density at radius 1 is 0.881 bits per heavy atom. The zero-order chi connectivity index (χ0) is 29.4. The van der Waals surface area contributed by atoms with Crippen molar-refractivity contribution in [3.8, 4) is 0 Å². The van der Waals surface area contributed by atoms with Crippen LogP contribution in [0.25, 0.3) is 0 Å². The molecule has 222 valence electrons. The monoisotopic (exact) mass is 589 g/mol. The molecule has 3 aromatic rings. The summed E-state index contributed by atoms with van der Waals surface area (Å²) in [7, 11) is -3.49. The molecule has 0 bridgehead atoms. The molecule has 0 saturated carbocycles. The fourth-order valence-electron chi connectivity index (χ4n) is 5.63. The summed E-state index contributed by atoms with van der Waals surface area (Å²) < 4.78 is 33.0. The van der Waals surface area contributed by atoms with Crippen LogP contribution >= 0.6 is 0 Å². The molecular weight excluding hydrogens is 550 g/mol. The normalized spacial score (nSPS) is 18.0. The summed E-state index contributed by atoms with van der Waals surface area (Å²) in [6.45, 7) is 2.49. The predicted molar refractivity (Wildman–Crippen MR) is 161 cm³/mol. The van der Waals surface area contributed by atoms with Gasteiger partial charge in [0, 0.05) is 39.2 Å². The summed E-state index contributed by atoms with van der Waals surface area (Å²) in [5.74, 6) is -0.397. The molecular formula is C33H39N3O5S. The largest absolute Gasteiger partial charge is 0.376 e. The van der Waals surface area contributed by atoms with Gasteiger partial charge in [-0.05, 0) is 60.9 Å². The number of carbonyl (C=O) groups is 2. The summed E-state index contributed by atoms with van der Waals surface area (Å²) in [6, 6.07) is 25.1. The van der Waals surface area contributed by atoms with Gasteiger partial charge in [0.15, 0.2) is 0 Å². The molecule has 0 aromatic heterocycles. The topological polar surface area (TPSA) is 96.0 Å². The molecule has 9 heteroatoms. The Balaban J connectivity index is 1.34. The van der Waals surface area contributed by atoms with Gasteiger partial charge in [-0.25, -0.2) is 8.42 Å². The van der Waals surface area contributed by atoms with Gasteiger partial charge in [0.1, 0.15) is 6.04 Å². The van der Waals surface area contributed by atoms with E-state index in [0.29, 0.717) is 32.7 Å². The number of hydrogen-bond acceptors (Lipinski definition) is 5. The van der Waals surface area contributed by atoms with Crippen molar-refractivity contribution in [3.05, 3.63) is 102 Å². The third-order valence-electron chi connectivity index (χ3n) is 7.97. The van der Waals surface area contributed by atoms with E-state index in [-0.39, 0.29) is 35.8 Å². The molecule has 2 aliphatic heterocycles. The second-order valence-electron chi connectivity index (χ2n) is 11.0. The first-order chi connectivity index (χ1) is 20.4. The smallest absolute Gasteiger partial charge is 0.247 e. The maximum absolute atomic E-state index is 13.9. The highest BCUT2D eigenvalue weighted by molar-refractivity contribution is 7.89. The SMILES string of the molecule is O=C(NC[C@@H]1CCCO1)[C@@H](c1ccccc1)N(Cc1ccccc1)C(=O)CCc1ccc(S(=O)(=O)N2CCCC2)cc1. The summed E-state index contributed by atoms with van der Waals surface area (Å²) in [6.07, 6.45) is 4.24. The lowest BCUT2D eigenvalue weighted by Crippen LogP contribution is -2.45. The molecule has 2 aliphatic rings. The van der Waals surface area contributed by atoms with Crippen LogP contribution < -0.4 is 5.32 Å². The first-order valence-electron chi connectivity index (χ1n) is 14.8. The van der Waals surface area contributed by atoms with Crippen molar-refractivity contribution in [2.45, 2.75) is 62.1 Å². The Morgan fingerprint density at radius 3 is 2.19 bits per heavy atom. The number of aryl methyl sites for hydroxylation is 1. The van der Waals surface area contributed by atoms with Crippen LogP contribution in [0.2, 0.25) is 0 Å². The highest BCUT2D eigenvalue weighted by Gasteiger charge is 2.32. The zero-order valence-corrected chi connectivity index (χ0v) is 24.7. The Morgan fingerprint density at radius 2 is 1.55 bits per heavy atom. The summed E-state index contributed by atoms with van der Waals surface area (Å²) in [4.78, 5) is 29.6. The van der Waals surface area contributed by atoms with E-state index in [0.717, 1.165) is 42.4 Å². The molecule has 5 rings (SSSR count). The fourth-order valence-corrected chi connectivity index (χ4v) is 7.15. The molecule has 2 atom stereocenters. The number of amides is 2. The Hall–Kier alpha value is -3.53. The predicted octanol–water partition coefficient (Wildman–Crippen LogP) is 4.47. The van der Waals surface area contributed by atoms with Gasteiger partial charge < -0.3 is 15.0 Å². The van der Waals surface area contributed by atoms with Crippen LogP contribution in [0.15, 0.2) is 89.8 Å². The Labute approximate surface area is 248 Å². The van der Waals surface area contributed by atoms with Crippen LogP contribution in [0.3, 0.4) is 0 Å². The van der Waals surface area contributed by atoms with Crippen molar-refractivity contribution in [1.29, 1.82) is 0 Å². The van der Waals surface area contributed by atoms with Crippen LogP contribution in [0, 0.1) is 0 Å². The Bertz CT molecular complexity index is 1420. The van der Waals surface area contributed by atoms with E-state index in [9.17, 15) is 18.0 Å². The second-order valence-corrected chi connectivity index (χ2v) is 12.9. The molecule has 2 amide bonds. The lowest BCUT2D eigenvalue weighted by atomic mass is 10.0. The van der Waals surface area contributed by atoms with Crippen molar-refractivity contribution in [2.75, 3.05) is 26.2 Å². The van der Waals surface area contributed by atoms with Gasteiger partial charge in [0.2, 0.25) is 21.8 Å². The number of nitrogens with zero attached hydrogens (tertiary/aromatic N) is 2. The average Bonchev–Trinajstić information content (AvgIpc) is 3.75. The number of hydrogen-bond donors (Lipinski definition) is 1. The van der Waals surface area contributed by atoms with Gasteiger partial charge in [0.05, 0.1) is 11.0 Å². The summed E-state index contributed by atoms with van der Waals surface area (Å²) in [5, 5.41) is 3.04. The second kappa shape index (κ2) is 14.1. The quantitative estimate of drug-likeness (QED) is 0.336. The van der Waals surface area contributed by atoms with Crippen LogP contribution in [0.1, 0.15) is 54.8 Å². The number of ether oxygens (including phenoxy) is 1. The molecule has 0 aliphatic carbocycles. The Kier molecular flexibility index (Phi) is 10.0. The molecule has 0 spiro atoms. The first-order valence-corrected chi connectivity index (χ1v) is 16.2. The summed E-state index contributed by atoms with van der Waals surface area (Å²) in [5.41, 5.74) is 2.53. The highest BCUT2D eigenvalue weighted by Crippen LogP contribution is 2.26. The molecule has 2 saturated heterocycles. The number of benzene rings is 3. The third-order valence-corrected chi connectivity index (χ3v) is 9.89. The van der Waals surface area contributed by atoms with Gasteiger partial charge in [-0.2, -0.15) is 4.31 Å². The van der Waals surface area contributed by atoms with Crippen LogP contribution in [0.4, 0.5) is 0 Å². The molecule has 2 heterocycles. The van der Waals surface area contributed by atoms with Gasteiger partial charge in [-0.1, -0.05) is 72.8 Å². The fraction of sp³-hybridized carbons (Fsp3) is 0.394. The minimum absolute atomic E-state index is 0.0131. The van der Waals surface area contributed by atoms with Crippen molar-refractivity contribution >= 4 is 21.8 Å². The maximum atomic E-state index is 13.9. The molecule has 2 fully saturated rings. The van der Waals surface area contributed by atoms with E-state index in [2.05, 4.69) is 5.32 Å². The number of carbonyl (C=O) groups excluding carboxylic acids is 2. The molecule has 42 heavy (non-hydrogen) atoms. The number of nitrogens with one attached hydrogen (secondary N) is 1. The number of rotatable bonds is 12. The van der Waals surface area contributed by atoms with Gasteiger partial charge in [-0.15, -0.1) is 0 Å². The molecule has 3 aromatic carbocycles. The summed E-state index contributed by atoms with van der Waals surface area (Å²) >= 11 is 0. The van der Waals surface area contributed by atoms with Crippen molar-refractivity contribution < 1.29 is 22.7 Å². The van der Waals surface area contributed by atoms with Crippen LogP contribution in [0.5, 0.6) is 0 Å². The van der Waals surface area contributed by atoms with Crippen molar-refractivity contribution in [3.63, 3.8) is 0 Å².